The quantitative estimate of drug-likeness (QED) is 0.265. The first kappa shape index (κ1) is 19.9. The van der Waals surface area contributed by atoms with Crippen LogP contribution in [0.3, 0.4) is 0 Å². The number of hydrazone groups is 1. The topological polar surface area (TPSA) is 197 Å². The zero-order valence-corrected chi connectivity index (χ0v) is 14.9. The number of aromatic hydroxyl groups is 1. The minimum atomic E-state index is -0.946. The summed E-state index contributed by atoms with van der Waals surface area (Å²) < 4.78 is 0. The predicted octanol–water partition coefficient (Wildman–Crippen LogP) is 1.45. The summed E-state index contributed by atoms with van der Waals surface area (Å²) in [5.74, 6) is -0.758. The SMILES string of the molecule is O=c1[nH]c(O)c(/C(=N/Nc2ccc([N+](=O)[O-])cc2[N+](=O)[O-])c2ccccc2)c(=O)[nH]1. The molecule has 0 aliphatic heterocycles. The maximum absolute atomic E-state index is 12.3. The van der Waals surface area contributed by atoms with Crippen molar-refractivity contribution in [1.82, 2.24) is 9.97 Å². The Labute approximate surface area is 165 Å². The van der Waals surface area contributed by atoms with Gasteiger partial charge in [-0.2, -0.15) is 5.10 Å². The van der Waals surface area contributed by atoms with Crippen LogP contribution in [0.25, 0.3) is 0 Å². The van der Waals surface area contributed by atoms with Crippen molar-refractivity contribution < 1.29 is 15.0 Å². The van der Waals surface area contributed by atoms with Crippen LogP contribution >= 0.6 is 0 Å². The number of hydrogen-bond acceptors (Lipinski definition) is 9. The van der Waals surface area contributed by atoms with Crippen LogP contribution < -0.4 is 16.7 Å². The van der Waals surface area contributed by atoms with Crippen LogP contribution in [-0.4, -0.2) is 30.6 Å². The summed E-state index contributed by atoms with van der Waals surface area (Å²) in [6, 6.07) is 10.9. The number of aromatic nitrogens is 2. The van der Waals surface area contributed by atoms with Crippen LogP contribution in [-0.2, 0) is 0 Å². The van der Waals surface area contributed by atoms with E-state index < -0.39 is 43.9 Å². The van der Waals surface area contributed by atoms with Gasteiger partial charge in [0.15, 0.2) is 0 Å². The van der Waals surface area contributed by atoms with E-state index in [1.807, 2.05) is 9.97 Å². The molecule has 2 aromatic carbocycles. The van der Waals surface area contributed by atoms with Gasteiger partial charge in [-0.1, -0.05) is 30.3 Å². The third kappa shape index (κ3) is 4.04. The molecule has 1 heterocycles. The number of nitrogens with zero attached hydrogens (tertiary/aromatic N) is 3. The normalized spacial score (nSPS) is 11.1. The second-order valence-corrected chi connectivity index (χ2v) is 5.79. The van der Waals surface area contributed by atoms with E-state index in [0.29, 0.717) is 5.56 Å². The Hall–Kier alpha value is -4.81. The zero-order valence-electron chi connectivity index (χ0n) is 14.9. The number of nitro groups is 2. The first-order valence-electron chi connectivity index (χ1n) is 8.16. The zero-order chi connectivity index (χ0) is 21.8. The fraction of sp³-hybridized carbons (Fsp3) is 0. The molecule has 1 aromatic heterocycles. The van der Waals surface area contributed by atoms with Crippen LogP contribution in [0.4, 0.5) is 17.1 Å². The molecule has 3 rings (SSSR count). The van der Waals surface area contributed by atoms with E-state index in [0.717, 1.165) is 18.2 Å². The Bertz CT molecular complexity index is 1280. The molecule has 0 fully saturated rings. The molecule has 0 amide bonds. The third-order valence-electron chi connectivity index (χ3n) is 3.88. The Morgan fingerprint density at radius 2 is 1.70 bits per heavy atom. The van der Waals surface area contributed by atoms with Gasteiger partial charge in [-0.25, -0.2) is 4.79 Å². The van der Waals surface area contributed by atoms with Crippen molar-refractivity contribution in [2.75, 3.05) is 5.43 Å². The molecule has 4 N–H and O–H groups in total. The molecule has 0 radical (unpaired) electrons. The number of rotatable bonds is 6. The standard InChI is InChI=1S/C17H12N6O7/c24-15-13(16(25)19-17(26)18-15)14(9-4-2-1-3-5-9)21-20-11-7-6-10(22(27)28)8-12(11)23(29)30/h1-8,20H,(H3,18,19,24,25,26)/b21-14+. The maximum atomic E-state index is 12.3. The number of nitrogens with one attached hydrogen (secondary N) is 3. The van der Waals surface area contributed by atoms with E-state index in [1.165, 1.54) is 0 Å². The molecule has 3 aromatic rings. The number of hydrogen-bond donors (Lipinski definition) is 4. The average Bonchev–Trinajstić information content (AvgIpc) is 2.70. The molecular weight excluding hydrogens is 400 g/mol. The summed E-state index contributed by atoms with van der Waals surface area (Å²) in [5, 5.41) is 36.2. The number of nitro benzene ring substituents is 2. The van der Waals surface area contributed by atoms with Crippen molar-refractivity contribution in [3.63, 3.8) is 0 Å². The molecule has 0 saturated heterocycles. The van der Waals surface area contributed by atoms with E-state index in [2.05, 4.69) is 10.5 Å². The molecule has 0 aliphatic rings. The second kappa shape index (κ2) is 8.05. The van der Waals surface area contributed by atoms with Gasteiger partial charge in [-0.15, -0.1) is 0 Å². The van der Waals surface area contributed by atoms with Crippen LogP contribution in [0, 0.1) is 20.2 Å². The van der Waals surface area contributed by atoms with Gasteiger partial charge in [0, 0.05) is 11.6 Å². The lowest BCUT2D eigenvalue weighted by Crippen LogP contribution is -2.28. The summed E-state index contributed by atoms with van der Waals surface area (Å²) >= 11 is 0. The lowest BCUT2D eigenvalue weighted by Gasteiger charge is -2.09. The smallest absolute Gasteiger partial charge is 0.328 e. The molecule has 13 heteroatoms. The Morgan fingerprint density at radius 3 is 2.30 bits per heavy atom. The van der Waals surface area contributed by atoms with Gasteiger partial charge in [-0.05, 0) is 6.07 Å². The highest BCUT2D eigenvalue weighted by Gasteiger charge is 2.21. The fourth-order valence-electron chi connectivity index (χ4n) is 2.55. The van der Waals surface area contributed by atoms with Gasteiger partial charge in [-0.3, -0.25) is 40.4 Å². The van der Waals surface area contributed by atoms with Crippen LogP contribution in [0.15, 0.2) is 63.2 Å². The fourth-order valence-corrected chi connectivity index (χ4v) is 2.55. The van der Waals surface area contributed by atoms with E-state index in [1.54, 1.807) is 30.3 Å². The molecule has 0 aliphatic carbocycles. The highest BCUT2D eigenvalue weighted by Crippen LogP contribution is 2.29. The number of non-ortho nitro benzene ring substituents is 1. The monoisotopic (exact) mass is 412 g/mol. The van der Waals surface area contributed by atoms with Crippen molar-refractivity contribution in [2.24, 2.45) is 5.10 Å². The first-order chi connectivity index (χ1) is 14.3. The second-order valence-electron chi connectivity index (χ2n) is 5.79. The van der Waals surface area contributed by atoms with Crippen molar-refractivity contribution >= 4 is 22.8 Å². The van der Waals surface area contributed by atoms with Gasteiger partial charge >= 0.3 is 11.4 Å². The molecule has 0 atom stereocenters. The molecule has 13 nitrogen and oxygen atoms in total. The molecule has 0 saturated carbocycles. The largest absolute Gasteiger partial charge is 0.494 e. The van der Waals surface area contributed by atoms with Crippen LogP contribution in [0.5, 0.6) is 5.88 Å². The van der Waals surface area contributed by atoms with Crippen molar-refractivity contribution in [3.05, 3.63) is 101 Å². The molecule has 0 bridgehead atoms. The van der Waals surface area contributed by atoms with Crippen LogP contribution in [0.2, 0.25) is 0 Å². The summed E-state index contributed by atoms with van der Waals surface area (Å²) in [7, 11) is 0. The predicted molar refractivity (Wildman–Crippen MR) is 105 cm³/mol. The van der Waals surface area contributed by atoms with E-state index in [4.69, 9.17) is 0 Å². The number of H-pyrrole nitrogens is 2. The van der Waals surface area contributed by atoms with E-state index in [-0.39, 0.29) is 11.4 Å². The maximum Gasteiger partial charge on any atom is 0.328 e. The van der Waals surface area contributed by atoms with Crippen LogP contribution in [0.1, 0.15) is 11.1 Å². The Balaban J connectivity index is 2.16. The Morgan fingerprint density at radius 1 is 1.00 bits per heavy atom. The lowest BCUT2D eigenvalue weighted by atomic mass is 10.0. The van der Waals surface area contributed by atoms with Gasteiger partial charge in [0.2, 0.25) is 5.88 Å². The molecule has 0 unspecified atom stereocenters. The number of anilines is 1. The molecular formula is C17H12N6O7. The average molecular weight is 412 g/mol. The van der Waals surface area contributed by atoms with Gasteiger partial charge in [0.05, 0.1) is 15.9 Å². The summed E-state index contributed by atoms with van der Waals surface area (Å²) in [6.07, 6.45) is 0. The van der Waals surface area contributed by atoms with Crippen molar-refractivity contribution in [3.8, 4) is 5.88 Å². The van der Waals surface area contributed by atoms with Crippen molar-refractivity contribution in [1.29, 1.82) is 0 Å². The first-order valence-corrected chi connectivity index (χ1v) is 8.16. The highest BCUT2D eigenvalue weighted by molar-refractivity contribution is 6.14. The molecule has 0 spiro atoms. The van der Waals surface area contributed by atoms with E-state index >= 15 is 0 Å². The summed E-state index contributed by atoms with van der Waals surface area (Å²) in [6.45, 7) is 0. The lowest BCUT2D eigenvalue weighted by molar-refractivity contribution is -0.393. The van der Waals surface area contributed by atoms with Gasteiger partial charge < -0.3 is 5.11 Å². The van der Waals surface area contributed by atoms with Gasteiger partial charge in [0.1, 0.15) is 17.0 Å². The van der Waals surface area contributed by atoms with Crippen molar-refractivity contribution in [2.45, 2.75) is 0 Å². The minimum Gasteiger partial charge on any atom is -0.494 e. The third-order valence-corrected chi connectivity index (χ3v) is 3.88. The number of aromatic amines is 2. The highest BCUT2D eigenvalue weighted by atomic mass is 16.6. The van der Waals surface area contributed by atoms with Gasteiger partial charge in [0.25, 0.3) is 11.2 Å². The summed E-state index contributed by atoms with van der Waals surface area (Å²) in [5.41, 5.74) is -0.996. The Kier molecular flexibility index (Phi) is 5.35. The van der Waals surface area contributed by atoms with E-state index in [9.17, 15) is 34.9 Å². The minimum absolute atomic E-state index is 0.141. The molecule has 30 heavy (non-hydrogen) atoms. The molecule has 152 valence electrons. The summed E-state index contributed by atoms with van der Waals surface area (Å²) in [4.78, 5) is 48.1. The number of benzene rings is 2.